The Balaban J connectivity index is 4.23. The van der Waals surface area contributed by atoms with E-state index in [0.29, 0.717) is 12.0 Å². The molecule has 0 aromatic heterocycles. The first-order valence-electron chi connectivity index (χ1n) is 5.28. The molecule has 0 bridgehead atoms. The van der Waals surface area contributed by atoms with Gasteiger partial charge in [-0.05, 0) is 39.3 Å². The minimum Gasteiger partial charge on any atom is -0.306 e. The van der Waals surface area contributed by atoms with Crippen LogP contribution in [0.1, 0.15) is 34.1 Å². The van der Waals surface area contributed by atoms with Crippen LogP contribution >= 0.6 is 0 Å². The van der Waals surface area contributed by atoms with Gasteiger partial charge in [0.1, 0.15) is 0 Å². The Morgan fingerprint density at radius 1 is 1.15 bits per heavy atom. The number of hydrogen-bond acceptors (Lipinski definition) is 1. The second kappa shape index (κ2) is 6.20. The van der Waals surface area contributed by atoms with Crippen molar-refractivity contribution >= 4 is 0 Å². The van der Waals surface area contributed by atoms with Crippen LogP contribution in [-0.2, 0) is 0 Å². The van der Waals surface area contributed by atoms with Crippen molar-refractivity contribution in [1.82, 2.24) is 4.90 Å². The van der Waals surface area contributed by atoms with Gasteiger partial charge in [0, 0.05) is 6.04 Å². The molecule has 0 aliphatic rings. The van der Waals surface area contributed by atoms with Crippen LogP contribution in [0.3, 0.4) is 0 Å². The molecule has 0 aliphatic carbocycles. The van der Waals surface area contributed by atoms with Crippen LogP contribution in [0.4, 0.5) is 0 Å². The molecule has 0 fully saturated rings. The highest BCUT2D eigenvalue weighted by atomic mass is 15.1. The molecule has 0 heterocycles. The van der Waals surface area contributed by atoms with E-state index in [2.05, 4.69) is 58.8 Å². The first kappa shape index (κ1) is 12.7. The third-order valence-electron chi connectivity index (χ3n) is 2.48. The van der Waals surface area contributed by atoms with E-state index in [1.807, 2.05) is 0 Å². The molecule has 13 heavy (non-hydrogen) atoms. The van der Waals surface area contributed by atoms with Crippen LogP contribution in [-0.4, -0.2) is 25.0 Å². The third-order valence-corrected chi connectivity index (χ3v) is 2.48. The Morgan fingerprint density at radius 2 is 1.69 bits per heavy atom. The van der Waals surface area contributed by atoms with Crippen LogP contribution < -0.4 is 0 Å². The number of rotatable bonds is 5. The lowest BCUT2D eigenvalue weighted by Gasteiger charge is -2.29. The van der Waals surface area contributed by atoms with Gasteiger partial charge in [0.2, 0.25) is 0 Å². The fourth-order valence-electron chi connectivity index (χ4n) is 1.81. The zero-order valence-corrected chi connectivity index (χ0v) is 10.0. The summed E-state index contributed by atoms with van der Waals surface area (Å²) in [4.78, 5) is 2.34. The monoisotopic (exact) mass is 183 g/mol. The highest BCUT2D eigenvalue weighted by Crippen LogP contribution is 2.18. The topological polar surface area (TPSA) is 3.24 Å². The lowest BCUT2D eigenvalue weighted by Crippen LogP contribution is -2.34. The summed E-state index contributed by atoms with van der Waals surface area (Å²) in [6.45, 7) is 8.98. The second-order valence-electron chi connectivity index (χ2n) is 4.55. The van der Waals surface area contributed by atoms with Crippen LogP contribution in [0.2, 0.25) is 0 Å². The van der Waals surface area contributed by atoms with Crippen molar-refractivity contribution in [2.75, 3.05) is 14.1 Å². The van der Waals surface area contributed by atoms with Crippen molar-refractivity contribution in [2.24, 2.45) is 11.8 Å². The molecule has 2 atom stereocenters. The molecule has 0 aromatic carbocycles. The van der Waals surface area contributed by atoms with Gasteiger partial charge in [-0.3, -0.25) is 0 Å². The summed E-state index contributed by atoms with van der Waals surface area (Å²) in [5.41, 5.74) is 0. The van der Waals surface area contributed by atoms with Gasteiger partial charge >= 0.3 is 0 Å². The molecule has 0 radical (unpaired) electrons. The molecule has 1 heteroatoms. The Bertz CT molecular complexity index is 147. The van der Waals surface area contributed by atoms with Crippen molar-refractivity contribution in [3.8, 4) is 0 Å². The van der Waals surface area contributed by atoms with E-state index in [0.717, 1.165) is 5.92 Å². The minimum absolute atomic E-state index is 0.655. The van der Waals surface area contributed by atoms with Crippen molar-refractivity contribution in [1.29, 1.82) is 0 Å². The van der Waals surface area contributed by atoms with E-state index in [1.54, 1.807) is 0 Å². The van der Waals surface area contributed by atoms with Gasteiger partial charge in [-0.2, -0.15) is 0 Å². The summed E-state index contributed by atoms with van der Waals surface area (Å²) >= 11 is 0. The van der Waals surface area contributed by atoms with Gasteiger partial charge in [0.15, 0.2) is 0 Å². The van der Waals surface area contributed by atoms with Gasteiger partial charge in [-0.15, -0.1) is 0 Å². The zero-order chi connectivity index (χ0) is 10.4. The summed E-state index contributed by atoms with van der Waals surface area (Å²) in [5, 5.41) is 0. The molecule has 1 nitrogen and oxygen atoms in total. The first-order chi connectivity index (χ1) is 5.99. The largest absolute Gasteiger partial charge is 0.306 e. The Morgan fingerprint density at radius 3 is 2.00 bits per heavy atom. The molecule has 2 unspecified atom stereocenters. The van der Waals surface area contributed by atoms with Crippen molar-refractivity contribution in [3.05, 3.63) is 12.2 Å². The molecule has 0 N–H and O–H groups in total. The fraction of sp³-hybridized carbons (Fsp3) is 0.833. The zero-order valence-electron chi connectivity index (χ0n) is 10.0. The lowest BCUT2D eigenvalue weighted by molar-refractivity contribution is 0.213. The Labute approximate surface area is 83.8 Å². The molecule has 0 aliphatic heterocycles. The molecule has 0 spiro atoms. The van der Waals surface area contributed by atoms with Gasteiger partial charge in [-0.25, -0.2) is 0 Å². The summed E-state index contributed by atoms with van der Waals surface area (Å²) < 4.78 is 0. The quantitative estimate of drug-likeness (QED) is 0.592. The second-order valence-corrected chi connectivity index (χ2v) is 4.55. The maximum Gasteiger partial charge on any atom is 0.0152 e. The van der Waals surface area contributed by atoms with E-state index in [-0.39, 0.29) is 0 Å². The third kappa shape index (κ3) is 5.09. The van der Waals surface area contributed by atoms with Gasteiger partial charge in [-0.1, -0.05) is 32.9 Å². The molecular weight excluding hydrogens is 158 g/mol. The van der Waals surface area contributed by atoms with Crippen LogP contribution in [0, 0.1) is 11.8 Å². The van der Waals surface area contributed by atoms with Crippen LogP contribution in [0.15, 0.2) is 12.2 Å². The summed E-state index contributed by atoms with van der Waals surface area (Å²) in [5.74, 6) is 1.43. The van der Waals surface area contributed by atoms with Crippen LogP contribution in [0.5, 0.6) is 0 Å². The maximum atomic E-state index is 2.34. The average molecular weight is 183 g/mol. The molecule has 0 aromatic rings. The fourth-order valence-corrected chi connectivity index (χ4v) is 1.81. The number of nitrogens with zero attached hydrogens (tertiary/aromatic N) is 1. The van der Waals surface area contributed by atoms with E-state index in [4.69, 9.17) is 0 Å². The smallest absolute Gasteiger partial charge is 0.0152 e. The standard InChI is InChI=1S/C12H25N/c1-7-8-11(4)12(13(5)6)9-10(2)3/h7-8,10-12H,9H2,1-6H3/b8-7-. The Kier molecular flexibility index (Phi) is 6.06. The highest BCUT2D eigenvalue weighted by molar-refractivity contribution is 4.90. The first-order valence-corrected chi connectivity index (χ1v) is 5.28. The van der Waals surface area contributed by atoms with Crippen LogP contribution in [0.25, 0.3) is 0 Å². The molecule has 0 saturated heterocycles. The molecule has 0 saturated carbocycles. The Hall–Kier alpha value is -0.300. The van der Waals surface area contributed by atoms with E-state index >= 15 is 0 Å². The predicted molar refractivity (Wildman–Crippen MR) is 60.9 cm³/mol. The predicted octanol–water partition coefficient (Wildman–Crippen LogP) is 3.17. The molecule has 0 amide bonds. The van der Waals surface area contributed by atoms with Gasteiger partial charge in [0.05, 0.1) is 0 Å². The van der Waals surface area contributed by atoms with E-state index in [9.17, 15) is 0 Å². The molecular formula is C12H25N. The SMILES string of the molecule is C/C=C\C(C)C(CC(C)C)N(C)C. The molecule has 78 valence electrons. The number of hydrogen-bond donors (Lipinski definition) is 0. The van der Waals surface area contributed by atoms with E-state index < -0.39 is 0 Å². The average Bonchev–Trinajstić information content (AvgIpc) is 1.99. The van der Waals surface area contributed by atoms with Crippen molar-refractivity contribution < 1.29 is 0 Å². The van der Waals surface area contributed by atoms with Crippen molar-refractivity contribution in [2.45, 2.75) is 40.2 Å². The maximum absolute atomic E-state index is 2.34. The summed E-state index contributed by atoms with van der Waals surface area (Å²) in [7, 11) is 4.35. The summed E-state index contributed by atoms with van der Waals surface area (Å²) in [6, 6.07) is 0.677. The highest BCUT2D eigenvalue weighted by Gasteiger charge is 2.17. The van der Waals surface area contributed by atoms with E-state index in [1.165, 1.54) is 6.42 Å². The van der Waals surface area contributed by atoms with Crippen molar-refractivity contribution in [3.63, 3.8) is 0 Å². The molecule has 0 rings (SSSR count). The normalized spacial score (nSPS) is 17.2. The number of allylic oxidation sites excluding steroid dienone is 1. The minimum atomic E-state index is 0.655. The van der Waals surface area contributed by atoms with Gasteiger partial charge < -0.3 is 4.90 Å². The summed E-state index contributed by atoms with van der Waals surface area (Å²) in [6.07, 6.45) is 5.73. The lowest BCUT2D eigenvalue weighted by atomic mass is 9.92. The van der Waals surface area contributed by atoms with Gasteiger partial charge in [0.25, 0.3) is 0 Å².